The summed E-state index contributed by atoms with van der Waals surface area (Å²) in [4.78, 5) is 3.62. The first-order valence-corrected chi connectivity index (χ1v) is 5.40. The maximum Gasteiger partial charge on any atom is 0.929 e. The third-order valence-electron chi connectivity index (χ3n) is 2.02. The zero-order chi connectivity index (χ0) is 12.9. The van der Waals surface area contributed by atoms with Crippen LogP contribution in [0.5, 0.6) is 0 Å². The Kier molecular flexibility index (Phi) is 3.05. The van der Waals surface area contributed by atoms with Crippen LogP contribution in [0.3, 0.4) is 0 Å². The Bertz CT molecular complexity index is 495. The maximum atomic E-state index is 5.34. The summed E-state index contributed by atoms with van der Waals surface area (Å²) in [6, 6.07) is 5.12. The molecule has 3 rings (SSSR count). The Hall–Kier alpha value is -2.91. The lowest BCUT2D eigenvalue weighted by atomic mass is 10.3. The van der Waals surface area contributed by atoms with Gasteiger partial charge in [0, 0.05) is 0 Å². The molecule has 3 aromatic rings. The van der Waals surface area contributed by atoms with Gasteiger partial charge >= 0.3 is 7.32 Å². The molecule has 0 atom stereocenters. The fraction of sp³-hybridized carbons (Fsp3) is 0. The van der Waals surface area contributed by atoms with Crippen LogP contribution < -0.4 is 14.3 Å². The molecule has 0 aromatic carbocycles. The van der Waals surface area contributed by atoms with Crippen molar-refractivity contribution in [1.82, 2.24) is 29.8 Å². The first-order chi connectivity index (χ1) is 9.40. The van der Waals surface area contributed by atoms with Crippen molar-refractivity contribution < 1.29 is 14.3 Å². The standard InChI is InChI=1S/C9H9BN6O3/c1-4-11-14(7-1)17-10(18-15-8-2-5-12-15)19-16-9-3-6-13-16/h1-9H. The summed E-state index contributed by atoms with van der Waals surface area (Å²) in [5.41, 5.74) is 0. The van der Waals surface area contributed by atoms with Crippen molar-refractivity contribution in [3.8, 4) is 0 Å². The van der Waals surface area contributed by atoms with E-state index < -0.39 is 7.32 Å². The fourth-order valence-electron chi connectivity index (χ4n) is 1.27. The van der Waals surface area contributed by atoms with E-state index >= 15 is 0 Å². The average Bonchev–Trinajstić information content (AvgIpc) is 3.10. The molecule has 0 aliphatic carbocycles. The van der Waals surface area contributed by atoms with Gasteiger partial charge in [-0.15, -0.1) is 29.8 Å². The molecule has 0 N–H and O–H groups in total. The van der Waals surface area contributed by atoms with Gasteiger partial charge in [0.05, 0.1) is 37.2 Å². The monoisotopic (exact) mass is 260 g/mol. The molecule has 3 heterocycles. The van der Waals surface area contributed by atoms with E-state index in [0.29, 0.717) is 0 Å². The summed E-state index contributed by atoms with van der Waals surface area (Å²) in [5.74, 6) is 0. The van der Waals surface area contributed by atoms with Gasteiger partial charge in [-0.3, -0.25) is 0 Å². The number of hydrogen-bond donors (Lipinski definition) is 0. The summed E-state index contributed by atoms with van der Waals surface area (Å²) in [5, 5.41) is 11.7. The van der Waals surface area contributed by atoms with E-state index in [4.69, 9.17) is 14.3 Å². The molecular weight excluding hydrogens is 251 g/mol. The van der Waals surface area contributed by atoms with Crippen molar-refractivity contribution in [3.63, 3.8) is 0 Å². The van der Waals surface area contributed by atoms with Crippen molar-refractivity contribution >= 4 is 7.32 Å². The lowest BCUT2D eigenvalue weighted by Crippen LogP contribution is -2.49. The van der Waals surface area contributed by atoms with Gasteiger partial charge in [0.25, 0.3) is 0 Å². The minimum absolute atomic E-state index is 1.11. The van der Waals surface area contributed by atoms with E-state index in [1.165, 1.54) is 14.5 Å². The van der Waals surface area contributed by atoms with E-state index in [1.807, 2.05) is 0 Å². The summed E-state index contributed by atoms with van der Waals surface area (Å²) < 4.78 is 16.0. The zero-order valence-corrected chi connectivity index (χ0v) is 9.68. The molecular formula is C9H9BN6O3. The fourth-order valence-corrected chi connectivity index (χ4v) is 1.27. The van der Waals surface area contributed by atoms with Gasteiger partial charge in [0.2, 0.25) is 0 Å². The highest BCUT2D eigenvalue weighted by atomic mass is 16.9. The lowest BCUT2D eigenvalue weighted by Gasteiger charge is -2.13. The molecule has 96 valence electrons. The minimum Gasteiger partial charge on any atom is -0.380 e. The Morgan fingerprint density at radius 1 is 0.632 bits per heavy atom. The summed E-state index contributed by atoms with van der Waals surface area (Å²) in [6.45, 7) is 0. The van der Waals surface area contributed by atoms with Gasteiger partial charge in [-0.05, 0) is 18.2 Å². The van der Waals surface area contributed by atoms with Gasteiger partial charge in [-0.2, -0.15) is 0 Å². The van der Waals surface area contributed by atoms with Gasteiger partial charge in [0.1, 0.15) is 0 Å². The molecule has 0 bridgehead atoms. The Morgan fingerprint density at radius 2 is 1.00 bits per heavy atom. The first kappa shape index (κ1) is 11.2. The van der Waals surface area contributed by atoms with Gasteiger partial charge < -0.3 is 14.3 Å². The SMILES string of the molecule is c1cnn(OB(On2cccn2)On2cccn2)c1. The molecule has 0 aliphatic rings. The topological polar surface area (TPSA) is 81.1 Å². The highest BCUT2D eigenvalue weighted by Gasteiger charge is 2.34. The third kappa shape index (κ3) is 2.86. The van der Waals surface area contributed by atoms with Crippen molar-refractivity contribution in [1.29, 1.82) is 0 Å². The molecule has 0 fully saturated rings. The summed E-state index contributed by atoms with van der Waals surface area (Å²) in [7, 11) is -1.11. The van der Waals surface area contributed by atoms with E-state index in [1.54, 1.807) is 55.4 Å². The van der Waals surface area contributed by atoms with Gasteiger partial charge in [0.15, 0.2) is 0 Å². The largest absolute Gasteiger partial charge is 0.929 e. The Labute approximate surface area is 107 Å². The van der Waals surface area contributed by atoms with Crippen LogP contribution in [-0.4, -0.2) is 37.2 Å². The van der Waals surface area contributed by atoms with Crippen LogP contribution >= 0.6 is 0 Å². The van der Waals surface area contributed by atoms with E-state index in [9.17, 15) is 0 Å². The van der Waals surface area contributed by atoms with E-state index in [0.717, 1.165) is 0 Å². The van der Waals surface area contributed by atoms with E-state index in [-0.39, 0.29) is 0 Å². The minimum atomic E-state index is -1.11. The highest BCUT2D eigenvalue weighted by molar-refractivity contribution is 6.37. The second kappa shape index (κ2) is 5.17. The summed E-state index contributed by atoms with van der Waals surface area (Å²) in [6.07, 6.45) is 9.51. The predicted octanol–water partition coefficient (Wildman–Crippen LogP) is -1.05. The molecule has 3 aromatic heterocycles. The molecule has 19 heavy (non-hydrogen) atoms. The van der Waals surface area contributed by atoms with Crippen molar-refractivity contribution in [3.05, 3.63) is 55.4 Å². The predicted molar refractivity (Wildman–Crippen MR) is 62.2 cm³/mol. The molecule has 0 saturated heterocycles. The molecule has 0 amide bonds. The van der Waals surface area contributed by atoms with E-state index in [2.05, 4.69) is 15.3 Å². The molecule has 10 heteroatoms. The molecule has 0 aliphatic heterocycles. The molecule has 9 nitrogen and oxygen atoms in total. The van der Waals surface area contributed by atoms with Crippen LogP contribution in [0.4, 0.5) is 0 Å². The van der Waals surface area contributed by atoms with Crippen LogP contribution in [0.2, 0.25) is 0 Å². The second-order valence-electron chi connectivity index (χ2n) is 3.33. The number of rotatable bonds is 6. The smallest absolute Gasteiger partial charge is 0.380 e. The summed E-state index contributed by atoms with van der Waals surface area (Å²) >= 11 is 0. The molecule has 0 unspecified atom stereocenters. The number of aromatic nitrogens is 6. The second-order valence-corrected chi connectivity index (χ2v) is 3.33. The number of hydrogen-bond acceptors (Lipinski definition) is 6. The van der Waals surface area contributed by atoms with Gasteiger partial charge in [-0.1, -0.05) is 0 Å². The van der Waals surface area contributed by atoms with Gasteiger partial charge in [-0.25, -0.2) is 0 Å². The van der Waals surface area contributed by atoms with Crippen molar-refractivity contribution in [2.45, 2.75) is 0 Å². The molecule has 0 spiro atoms. The van der Waals surface area contributed by atoms with Crippen molar-refractivity contribution in [2.75, 3.05) is 0 Å². The zero-order valence-electron chi connectivity index (χ0n) is 9.68. The van der Waals surface area contributed by atoms with Crippen LogP contribution in [0.15, 0.2) is 55.4 Å². The molecule has 0 saturated carbocycles. The number of nitrogens with zero attached hydrogens (tertiary/aromatic N) is 6. The van der Waals surface area contributed by atoms with Crippen LogP contribution in [-0.2, 0) is 0 Å². The highest BCUT2D eigenvalue weighted by Crippen LogP contribution is 1.88. The Balaban J connectivity index is 1.70. The normalized spacial score (nSPS) is 10.1. The molecule has 0 radical (unpaired) electrons. The average molecular weight is 260 g/mol. The first-order valence-electron chi connectivity index (χ1n) is 5.40. The quantitative estimate of drug-likeness (QED) is 0.526. The van der Waals surface area contributed by atoms with Crippen molar-refractivity contribution in [2.24, 2.45) is 0 Å². The Morgan fingerprint density at radius 3 is 1.26 bits per heavy atom. The van der Waals surface area contributed by atoms with Crippen LogP contribution in [0.1, 0.15) is 0 Å². The van der Waals surface area contributed by atoms with Crippen LogP contribution in [0.25, 0.3) is 0 Å². The van der Waals surface area contributed by atoms with Crippen LogP contribution in [0, 0.1) is 0 Å². The third-order valence-corrected chi connectivity index (χ3v) is 2.02. The lowest BCUT2D eigenvalue weighted by molar-refractivity contribution is 0.0401. The maximum absolute atomic E-state index is 5.34.